The van der Waals surface area contributed by atoms with Gasteiger partial charge in [-0.3, -0.25) is 4.79 Å². The molecule has 0 aliphatic carbocycles. The van der Waals surface area contributed by atoms with E-state index in [0.717, 1.165) is 86.8 Å². The molecule has 0 radical (unpaired) electrons. The number of hydrogen-bond acceptors (Lipinski definition) is 5. The summed E-state index contributed by atoms with van der Waals surface area (Å²) in [7, 11) is 2.96. The number of allylic oxidation sites excluding steroid dienone is 4. The van der Waals surface area contributed by atoms with Crippen LogP contribution in [-0.2, 0) is 9.59 Å². The van der Waals surface area contributed by atoms with Crippen LogP contribution in [0.5, 0.6) is 0 Å². The Morgan fingerprint density at radius 2 is 1.75 bits per heavy atom. The fraction of sp³-hybridized carbons (Fsp3) is 0.595. The molecule has 1 unspecified atom stereocenters. The van der Waals surface area contributed by atoms with Crippen LogP contribution in [0.25, 0.3) is 5.57 Å². The van der Waals surface area contributed by atoms with E-state index in [1.54, 1.807) is 6.07 Å². The zero-order chi connectivity index (χ0) is 33.8. The van der Waals surface area contributed by atoms with E-state index in [0.29, 0.717) is 23.5 Å². The van der Waals surface area contributed by atoms with Crippen molar-refractivity contribution >= 4 is 23.5 Å². The Hall–Kier alpha value is -3.06. The lowest BCUT2D eigenvalue weighted by atomic mass is 9.97. The van der Waals surface area contributed by atoms with Gasteiger partial charge in [0, 0.05) is 44.4 Å². The minimum absolute atomic E-state index is 0.00592. The first-order valence-electron chi connectivity index (χ1n) is 16.4. The van der Waals surface area contributed by atoms with Crippen molar-refractivity contribution in [3.8, 4) is 0 Å². The molecular formula is C37H60FN3O3. The first kappa shape index (κ1) is 40.9. The van der Waals surface area contributed by atoms with Crippen molar-refractivity contribution in [3.63, 3.8) is 0 Å². The number of hydrogen-bond donors (Lipinski definition) is 1. The van der Waals surface area contributed by atoms with Gasteiger partial charge in [-0.05, 0) is 81.7 Å². The van der Waals surface area contributed by atoms with Crippen LogP contribution in [0.2, 0.25) is 0 Å². The summed E-state index contributed by atoms with van der Waals surface area (Å²) in [5.41, 5.74) is 4.87. The highest BCUT2D eigenvalue weighted by Gasteiger charge is 2.28. The molecule has 1 amide bonds. The second-order valence-corrected chi connectivity index (χ2v) is 11.7. The normalized spacial score (nSPS) is 17.9. The quantitative estimate of drug-likeness (QED) is 0.312. The maximum Gasteiger partial charge on any atom is 0.272 e. The van der Waals surface area contributed by atoms with Crippen molar-refractivity contribution in [3.05, 3.63) is 64.4 Å². The minimum atomic E-state index is -0.238. The number of aliphatic hydroxyl groups excluding tert-OH is 1. The van der Waals surface area contributed by atoms with E-state index in [4.69, 9.17) is 10.1 Å². The third-order valence-corrected chi connectivity index (χ3v) is 7.87. The Bertz CT molecular complexity index is 1150. The molecule has 0 aromatic heterocycles. The molecule has 3 rings (SSSR count). The van der Waals surface area contributed by atoms with Crippen LogP contribution < -0.4 is 0 Å². The highest BCUT2D eigenvalue weighted by Crippen LogP contribution is 2.30. The van der Waals surface area contributed by atoms with E-state index in [1.807, 2.05) is 61.9 Å². The lowest BCUT2D eigenvalue weighted by Crippen LogP contribution is -2.43. The summed E-state index contributed by atoms with van der Waals surface area (Å²) in [6.45, 7) is 19.4. The predicted octanol–water partition coefficient (Wildman–Crippen LogP) is 8.89. The van der Waals surface area contributed by atoms with E-state index in [9.17, 15) is 14.0 Å². The molecule has 1 saturated heterocycles. The van der Waals surface area contributed by atoms with Gasteiger partial charge in [0.05, 0.1) is 0 Å². The number of rotatable bonds is 7. The molecule has 248 valence electrons. The molecule has 1 atom stereocenters. The molecule has 1 aromatic rings. The number of benzene rings is 1. The summed E-state index contributed by atoms with van der Waals surface area (Å²) in [6, 6.07) is 5.55. The number of amides is 1. The molecule has 1 aromatic carbocycles. The Morgan fingerprint density at radius 1 is 1.14 bits per heavy atom. The molecule has 2 heterocycles. The van der Waals surface area contributed by atoms with Crippen LogP contribution >= 0.6 is 0 Å². The van der Waals surface area contributed by atoms with Gasteiger partial charge >= 0.3 is 0 Å². The van der Waals surface area contributed by atoms with E-state index in [2.05, 4.69) is 41.5 Å². The van der Waals surface area contributed by atoms with E-state index < -0.39 is 0 Å². The van der Waals surface area contributed by atoms with E-state index in [1.165, 1.54) is 6.42 Å². The van der Waals surface area contributed by atoms with Crippen molar-refractivity contribution < 1.29 is 19.1 Å². The Labute approximate surface area is 267 Å². The van der Waals surface area contributed by atoms with Crippen LogP contribution in [0.15, 0.2) is 52.4 Å². The van der Waals surface area contributed by atoms with Gasteiger partial charge in [0.2, 0.25) is 0 Å². The summed E-state index contributed by atoms with van der Waals surface area (Å²) in [6.07, 6.45) is 12.6. The van der Waals surface area contributed by atoms with Gasteiger partial charge in [0.15, 0.2) is 0 Å². The number of aryl methyl sites for hydroxylation is 1. The number of likely N-dealkylation sites (tertiary alicyclic amines) is 1. The monoisotopic (exact) mass is 613 g/mol. The number of aliphatic imine (C=N–C) groups is 1. The van der Waals surface area contributed by atoms with Gasteiger partial charge < -0.3 is 19.7 Å². The van der Waals surface area contributed by atoms with Crippen molar-refractivity contribution in [1.82, 2.24) is 9.80 Å². The number of aliphatic hydroxyl groups is 1. The Kier molecular flexibility index (Phi) is 20.9. The first-order chi connectivity index (χ1) is 20.9. The lowest BCUT2D eigenvalue weighted by molar-refractivity contribution is -0.125. The highest BCUT2D eigenvalue weighted by molar-refractivity contribution is 6.43. The smallest absolute Gasteiger partial charge is 0.272 e. The molecule has 2 aliphatic heterocycles. The number of carbonyl (C=O) groups excluding carboxylic acids is 2. The van der Waals surface area contributed by atoms with E-state index in [-0.39, 0.29) is 17.8 Å². The lowest BCUT2D eigenvalue weighted by Gasteiger charge is -2.31. The van der Waals surface area contributed by atoms with Crippen LogP contribution in [0.4, 0.5) is 4.39 Å². The largest absolute Gasteiger partial charge is 0.400 e. The second-order valence-electron chi connectivity index (χ2n) is 11.7. The van der Waals surface area contributed by atoms with Gasteiger partial charge in [-0.25, -0.2) is 9.38 Å². The molecule has 0 saturated carbocycles. The van der Waals surface area contributed by atoms with Gasteiger partial charge in [-0.2, -0.15) is 0 Å². The average Bonchev–Trinajstić information content (AvgIpc) is 3.25. The predicted molar refractivity (Wildman–Crippen MR) is 185 cm³/mol. The molecular weight excluding hydrogens is 553 g/mol. The fourth-order valence-corrected chi connectivity index (χ4v) is 4.52. The topological polar surface area (TPSA) is 73.2 Å². The van der Waals surface area contributed by atoms with Crippen LogP contribution in [0.3, 0.4) is 0 Å². The fourth-order valence-electron chi connectivity index (χ4n) is 4.52. The molecule has 1 N–H and O–H groups in total. The van der Waals surface area contributed by atoms with Gasteiger partial charge in [0.1, 0.15) is 23.6 Å². The third-order valence-electron chi connectivity index (χ3n) is 7.87. The van der Waals surface area contributed by atoms with Crippen LogP contribution in [0.1, 0.15) is 118 Å². The molecule has 2 aliphatic rings. The highest BCUT2D eigenvalue weighted by atomic mass is 19.1. The van der Waals surface area contributed by atoms with Gasteiger partial charge in [-0.1, -0.05) is 78.5 Å². The molecule has 0 bridgehead atoms. The summed E-state index contributed by atoms with van der Waals surface area (Å²) in [4.78, 5) is 31.5. The standard InChI is InChI=1S/C28H38FN3O.C5H12.C3H6O.CH4O/c1-7-20(4)24(23-14-13-19(3)16-25(23)29)18-27-30-26(17-22(8-2)31(27)6)28(33)32-15-11-9-10-12-21(32)5;1-4-5(2)3;1-2-3-4;1-2/h13-14,16-18,21H,7-12,15H2,1-6H3;5H,4H2,1-3H3;3H,2H2,1H3;2H,1H3/b24-20?,27-18-;;;. The number of nitrogens with zero attached hydrogens (tertiary/aromatic N) is 3. The van der Waals surface area contributed by atoms with Gasteiger partial charge in [0.25, 0.3) is 5.91 Å². The SMILES string of the molecule is CCC(C)C.CCC1=CC(C(=O)N2CCCCCC2C)=N/C(=C/C(=C(C)CC)c2ccc(C)cc2F)N1C.CCC=O.CO. The third kappa shape index (κ3) is 13.3. The van der Waals surface area contributed by atoms with Crippen molar-refractivity contribution in [2.75, 3.05) is 20.7 Å². The van der Waals surface area contributed by atoms with Crippen molar-refractivity contribution in [2.45, 2.75) is 120 Å². The summed E-state index contributed by atoms with van der Waals surface area (Å²) < 4.78 is 14.9. The maximum atomic E-state index is 14.9. The van der Waals surface area contributed by atoms with Crippen LogP contribution in [-0.4, -0.2) is 59.6 Å². The number of carbonyl (C=O) groups is 2. The van der Waals surface area contributed by atoms with Crippen molar-refractivity contribution in [2.24, 2.45) is 10.9 Å². The average molecular weight is 614 g/mol. The van der Waals surface area contributed by atoms with Gasteiger partial charge in [-0.15, -0.1) is 0 Å². The molecule has 6 nitrogen and oxygen atoms in total. The van der Waals surface area contributed by atoms with E-state index >= 15 is 0 Å². The Balaban J connectivity index is 0.00000145. The maximum absolute atomic E-state index is 14.9. The molecule has 1 fully saturated rings. The second kappa shape index (κ2) is 22.4. The molecule has 44 heavy (non-hydrogen) atoms. The molecule has 7 heteroatoms. The number of halogens is 1. The molecule has 0 spiro atoms. The first-order valence-corrected chi connectivity index (χ1v) is 16.4. The number of aldehydes is 1. The summed E-state index contributed by atoms with van der Waals surface area (Å²) in [5.74, 6) is 1.31. The van der Waals surface area contributed by atoms with Crippen LogP contribution in [0, 0.1) is 18.7 Å². The van der Waals surface area contributed by atoms with Crippen molar-refractivity contribution in [1.29, 1.82) is 0 Å². The Morgan fingerprint density at radius 3 is 2.25 bits per heavy atom. The zero-order valence-electron chi connectivity index (χ0n) is 29.5. The summed E-state index contributed by atoms with van der Waals surface area (Å²) in [5, 5.41) is 7.00. The minimum Gasteiger partial charge on any atom is -0.400 e. The zero-order valence-corrected chi connectivity index (χ0v) is 29.5. The summed E-state index contributed by atoms with van der Waals surface area (Å²) >= 11 is 0.